The van der Waals surface area contributed by atoms with E-state index in [0.717, 1.165) is 0 Å². The van der Waals surface area contributed by atoms with E-state index in [1.165, 1.54) is 82.2 Å². The Labute approximate surface area is 498 Å². The summed E-state index contributed by atoms with van der Waals surface area (Å²) in [6.07, 6.45) is -0.401. The van der Waals surface area contributed by atoms with Gasteiger partial charge in [-0.2, -0.15) is 0 Å². The largest absolute Gasteiger partial charge is 0.481 e. The van der Waals surface area contributed by atoms with Crippen LogP contribution in [0.1, 0.15) is 132 Å². The normalized spacial score (nSPS) is 19.1. The smallest absolute Gasteiger partial charge is 0.306 e. The second kappa shape index (κ2) is 25.6. The number of methoxy groups -OCH3 is 1. The highest BCUT2D eigenvalue weighted by Gasteiger charge is 2.36. The van der Waals surface area contributed by atoms with Crippen LogP contribution in [0.3, 0.4) is 0 Å². The quantitative estimate of drug-likeness (QED) is 0.0637. The maximum Gasteiger partial charge on any atom is 0.306 e. The van der Waals surface area contributed by atoms with E-state index >= 15 is 0 Å². The van der Waals surface area contributed by atoms with Gasteiger partial charge in [-0.05, 0) is 49.8 Å². The third-order valence-corrected chi connectivity index (χ3v) is 19.8. The van der Waals surface area contributed by atoms with Gasteiger partial charge in [0, 0.05) is 64.4 Å². The first-order chi connectivity index (χ1) is 39.9. The Kier molecular flexibility index (Phi) is 18.1. The molecule has 0 saturated heterocycles. The van der Waals surface area contributed by atoms with Crippen LogP contribution in [0.15, 0.2) is 64.0 Å². The number of hydrogen-bond donors (Lipinski definition) is 7. The molecule has 430 valence electrons. The SMILES string of the molecule is CNC(=O)C[C@@H]1NC(=O)c2csc(n2)-c2ccc(-c3nc(NC(=O)C4CC[C@@H](C(=O)O)C4)cs3)nc2-c2csc(n2)-c2csc(n2)[C@H]([C@@H](O)c2ccccc2)NC(=O)CNC(=O)c2nc(sc2COC)[C@H](C(C)C)CC(=O)c2nc1sc2C. The molecule has 22 nitrogen and oxygen atoms in total. The molecule has 6 atom stereocenters. The highest BCUT2D eigenvalue weighted by molar-refractivity contribution is 7.15. The molecular weight excluding hydrogens is 1180 g/mol. The van der Waals surface area contributed by atoms with Crippen molar-refractivity contribution in [1.82, 2.24) is 56.2 Å². The first kappa shape index (κ1) is 58.7. The van der Waals surface area contributed by atoms with E-state index in [1.807, 2.05) is 13.8 Å². The summed E-state index contributed by atoms with van der Waals surface area (Å²) in [5, 5.41) is 44.7. The van der Waals surface area contributed by atoms with Crippen LogP contribution in [-0.2, 0) is 30.5 Å². The maximum absolute atomic E-state index is 14.4. The molecule has 1 aliphatic heterocycles. The number of carboxylic acids is 1. The van der Waals surface area contributed by atoms with E-state index in [2.05, 4.69) is 31.6 Å². The van der Waals surface area contributed by atoms with E-state index in [9.17, 15) is 43.8 Å². The highest BCUT2D eigenvalue weighted by Crippen LogP contribution is 2.41. The molecule has 7 N–H and O–H groups in total. The number of pyridine rings is 1. The predicted octanol–water partition coefficient (Wildman–Crippen LogP) is 8.64. The van der Waals surface area contributed by atoms with Crippen molar-refractivity contribution in [3.8, 4) is 43.4 Å². The van der Waals surface area contributed by atoms with Gasteiger partial charge in [-0.3, -0.25) is 33.6 Å². The minimum absolute atomic E-state index is 0.0276. The van der Waals surface area contributed by atoms with Crippen LogP contribution in [0.2, 0.25) is 0 Å². The number of aliphatic hydroxyl groups is 1. The number of carbonyl (C=O) groups is 7. The number of carboxylic acid groups (broad SMARTS) is 1. The number of carbonyl (C=O) groups excluding carboxylic acids is 6. The summed E-state index contributed by atoms with van der Waals surface area (Å²) >= 11 is 7.28. The van der Waals surface area contributed by atoms with Gasteiger partial charge in [0.15, 0.2) is 5.78 Å². The number of nitrogens with one attached hydrogen (secondary N) is 5. The summed E-state index contributed by atoms with van der Waals surface area (Å²) in [4.78, 5) is 129. The van der Waals surface area contributed by atoms with Gasteiger partial charge in [0.1, 0.15) is 77.2 Å². The van der Waals surface area contributed by atoms with Crippen LogP contribution >= 0.6 is 68.0 Å². The lowest BCUT2D eigenvalue weighted by molar-refractivity contribution is -0.141. The van der Waals surface area contributed by atoms with Crippen LogP contribution in [0.4, 0.5) is 5.82 Å². The number of aliphatic hydroxyl groups excluding tert-OH is 1. The van der Waals surface area contributed by atoms with Crippen molar-refractivity contribution in [2.75, 3.05) is 26.0 Å². The Morgan fingerprint density at radius 2 is 1.45 bits per heavy atom. The number of aliphatic carboxylic acids is 1. The fraction of sp³-hybridized carbons (Fsp3) is 0.345. The third-order valence-electron chi connectivity index (χ3n) is 14.0. The number of Topliss-reactive ketones (excluding diaryl/α,β-unsaturated/α-hetero) is 1. The monoisotopic (exact) mass is 1230 g/mol. The van der Waals surface area contributed by atoms with Gasteiger partial charge in [-0.25, -0.2) is 34.9 Å². The van der Waals surface area contributed by atoms with Crippen molar-refractivity contribution in [1.29, 1.82) is 0 Å². The lowest BCUT2D eigenvalue weighted by atomic mass is 9.90. The highest BCUT2D eigenvalue weighted by atomic mass is 32.1. The fourth-order valence-electron chi connectivity index (χ4n) is 9.57. The molecule has 0 radical (unpaired) electrons. The molecule has 1 aliphatic carbocycles. The van der Waals surface area contributed by atoms with Gasteiger partial charge in [-0.15, -0.1) is 68.0 Å². The Morgan fingerprint density at radius 3 is 2.19 bits per heavy atom. The van der Waals surface area contributed by atoms with Crippen molar-refractivity contribution in [3.05, 3.63) is 111 Å². The Bertz CT molecular complexity index is 3760. The molecule has 1 fully saturated rings. The summed E-state index contributed by atoms with van der Waals surface area (Å²) in [7, 11) is 2.96. The molecule has 8 aromatic rings. The van der Waals surface area contributed by atoms with Crippen LogP contribution < -0.4 is 26.6 Å². The zero-order chi connectivity index (χ0) is 58.6. The molecule has 5 amide bonds. The van der Waals surface area contributed by atoms with Crippen molar-refractivity contribution in [2.45, 2.75) is 83.6 Å². The van der Waals surface area contributed by atoms with E-state index in [-0.39, 0.29) is 72.3 Å². The third kappa shape index (κ3) is 13.2. The van der Waals surface area contributed by atoms with E-state index in [4.69, 9.17) is 34.6 Å². The average molecular weight is 1240 g/mol. The van der Waals surface area contributed by atoms with Crippen molar-refractivity contribution in [3.63, 3.8) is 0 Å². The van der Waals surface area contributed by atoms with E-state index < -0.39 is 66.2 Å². The Balaban J connectivity index is 1.04. The lowest BCUT2D eigenvalue weighted by Crippen LogP contribution is -2.40. The summed E-state index contributed by atoms with van der Waals surface area (Å²) in [5.41, 5.74) is 2.86. The second-order valence-electron chi connectivity index (χ2n) is 20.0. The van der Waals surface area contributed by atoms with Gasteiger partial charge < -0.3 is 41.5 Å². The van der Waals surface area contributed by atoms with E-state index in [0.29, 0.717) is 86.5 Å². The van der Waals surface area contributed by atoms with Crippen LogP contribution in [0, 0.1) is 24.7 Å². The number of thiazole rings is 6. The van der Waals surface area contributed by atoms with Crippen molar-refractivity contribution in [2.24, 2.45) is 17.8 Å². The summed E-state index contributed by atoms with van der Waals surface area (Å²) in [6.45, 7) is 5.16. The first-order valence-electron chi connectivity index (χ1n) is 26.1. The molecule has 1 saturated carbocycles. The van der Waals surface area contributed by atoms with Crippen LogP contribution in [-0.4, -0.2) is 107 Å². The number of ether oxygens (including phenoxy) is 1. The van der Waals surface area contributed by atoms with Crippen LogP contribution in [0.5, 0.6) is 0 Å². The number of amides is 5. The Morgan fingerprint density at radius 1 is 0.735 bits per heavy atom. The molecule has 1 aromatic carbocycles. The molecule has 0 spiro atoms. The fourth-order valence-corrected chi connectivity index (χ4v) is 15.1. The lowest BCUT2D eigenvalue weighted by Gasteiger charge is -2.23. The summed E-state index contributed by atoms with van der Waals surface area (Å²) < 4.78 is 5.47. The van der Waals surface area contributed by atoms with Gasteiger partial charge >= 0.3 is 5.97 Å². The van der Waals surface area contributed by atoms with E-state index in [1.54, 1.807) is 70.9 Å². The summed E-state index contributed by atoms with van der Waals surface area (Å²) in [6, 6.07) is 10.3. The Hall–Kier alpha value is -7.44. The molecule has 2 aliphatic rings. The molecule has 10 rings (SSSR count). The molecule has 7 aromatic heterocycles. The number of anilines is 1. The minimum atomic E-state index is -1.27. The van der Waals surface area contributed by atoms with Crippen molar-refractivity contribution < 1.29 is 48.5 Å². The molecular formula is C55H54N12O10S6. The zero-order valence-electron chi connectivity index (χ0n) is 45.1. The van der Waals surface area contributed by atoms with Gasteiger partial charge in [0.05, 0.1) is 47.1 Å². The first-order valence-corrected chi connectivity index (χ1v) is 31.3. The van der Waals surface area contributed by atoms with Gasteiger partial charge in [0.2, 0.25) is 17.7 Å². The molecule has 10 bridgehead atoms. The standard InChI is InChI=1S/C55H54N12O10S6/c1-24(2)30-16-36(68)41-25(3)82-53(66-41)32(17-39(69)56-4)59-47(73)34-21-78-49(61-34)29-13-14-31(51-64-38(23-81-51)63-46(72)27-11-12-28(15-27)55(75)76)58-42(29)33-20-79-52(60-33)35-22-80-54(62-35)44(45(71)26-9-7-6-8-10-26)65-40(70)18-57-48(74)43-37(19-77-5)83-50(30)67-43/h6-10,13-14,20-24,27-28,30,32,44-45,71H,11-12,15-19H2,1-5H3,(H,56,69)(H,57,74)(H,59,73)(H,63,72)(H,65,70)(H,75,76)/t27?,28-,30+,32+,44+,45+/m1/s1. The van der Waals surface area contributed by atoms with Gasteiger partial charge in [0.25, 0.3) is 11.8 Å². The number of hydrogen-bond acceptors (Lipinski definition) is 22. The number of rotatable bonds is 11. The number of ketones is 1. The molecule has 83 heavy (non-hydrogen) atoms. The minimum Gasteiger partial charge on any atom is -0.481 e. The van der Waals surface area contributed by atoms with Gasteiger partial charge in [-0.1, -0.05) is 44.2 Å². The number of aryl methyl sites for hydroxylation is 1. The summed E-state index contributed by atoms with van der Waals surface area (Å²) in [5.74, 6) is -5.18. The average Bonchev–Trinajstić information content (AvgIpc) is 3.90. The molecule has 28 heteroatoms. The zero-order valence-corrected chi connectivity index (χ0v) is 50.0. The molecule has 1 unspecified atom stereocenters. The van der Waals surface area contributed by atoms with Crippen LogP contribution in [0.25, 0.3) is 43.4 Å². The maximum atomic E-state index is 14.4. The number of aromatic nitrogens is 7. The number of benzene rings is 1. The predicted molar refractivity (Wildman–Crippen MR) is 315 cm³/mol. The molecule has 8 heterocycles. The second-order valence-corrected chi connectivity index (χ2v) is 25.8. The number of fused-ring (bicyclic) bond motifs is 14. The number of nitrogens with zero attached hydrogens (tertiary/aromatic N) is 7. The topological polar surface area (TPSA) is 320 Å². The van der Waals surface area contributed by atoms with Crippen molar-refractivity contribution >= 4 is 115 Å².